The molecule has 0 bridgehead atoms. The van der Waals surface area contributed by atoms with Crippen LogP contribution in [0.3, 0.4) is 0 Å². The van der Waals surface area contributed by atoms with Crippen LogP contribution in [0, 0.1) is 0 Å². The number of pyridine rings is 1. The number of hydrogen-bond donors (Lipinski definition) is 0. The normalized spacial score (nSPS) is 15.2. The van der Waals surface area contributed by atoms with E-state index in [4.69, 9.17) is 24.3 Å². The highest BCUT2D eigenvalue weighted by Gasteiger charge is 2.29. The van der Waals surface area contributed by atoms with Crippen LogP contribution in [0.2, 0.25) is 0 Å². The molecule has 0 unspecified atom stereocenters. The average Bonchev–Trinajstić information content (AvgIpc) is 3.38. The molecule has 0 aliphatic carbocycles. The zero-order valence-electron chi connectivity index (χ0n) is 26.4. The fourth-order valence-electron chi connectivity index (χ4n) is 5.72. The van der Waals surface area contributed by atoms with Gasteiger partial charge in [-0.05, 0) is 62.4 Å². The molecule has 8 heteroatoms. The van der Waals surface area contributed by atoms with E-state index in [9.17, 15) is 4.79 Å². The number of benzene rings is 3. The van der Waals surface area contributed by atoms with Crippen LogP contribution in [0.25, 0.3) is 22.2 Å². The molecular formula is C37H40N4O4. The molecular weight excluding hydrogens is 564 g/mol. The first kappa shape index (κ1) is 30.2. The van der Waals surface area contributed by atoms with E-state index < -0.39 is 5.60 Å². The summed E-state index contributed by atoms with van der Waals surface area (Å²) in [6, 6.07) is 30.4. The van der Waals surface area contributed by atoms with Crippen molar-refractivity contribution in [2.24, 2.45) is 7.05 Å². The summed E-state index contributed by atoms with van der Waals surface area (Å²) in [6.07, 6.45) is 1.70. The molecule has 8 nitrogen and oxygen atoms in total. The summed E-state index contributed by atoms with van der Waals surface area (Å²) in [5.74, 6) is 1.18. The SMILES string of the molecule is Cn1nc(-c2ccc(OCc3ccccc3)nc2OCc2ccccc2)c2ccc([C@H]3CCCN(C(=O)OC(C)(C)C)C3)cc21. The summed E-state index contributed by atoms with van der Waals surface area (Å²) in [5, 5.41) is 5.94. The Balaban J connectivity index is 1.28. The molecule has 1 atom stereocenters. The molecule has 232 valence electrons. The standard InChI is InChI=1S/C37H40N4O4/c1-37(2,3)45-36(42)41-21-11-16-29(23-41)28-17-18-30-32(22-28)40(4)39-34(30)31-19-20-33(43-24-26-12-7-5-8-13-26)38-35(31)44-25-27-14-9-6-10-15-27/h5-10,12-15,17-20,22,29H,11,16,21,23-25H2,1-4H3/t29-/m0/s1. The third-order valence-electron chi connectivity index (χ3n) is 7.96. The minimum atomic E-state index is -0.515. The first-order chi connectivity index (χ1) is 21.7. The molecule has 1 aliphatic heterocycles. The number of piperidine rings is 1. The van der Waals surface area contributed by atoms with Gasteiger partial charge in [-0.1, -0.05) is 72.8 Å². The zero-order chi connectivity index (χ0) is 31.4. The number of likely N-dealkylation sites (tertiary alicyclic amines) is 1. The topological polar surface area (TPSA) is 78.7 Å². The number of hydrogen-bond acceptors (Lipinski definition) is 6. The van der Waals surface area contributed by atoms with Crippen molar-refractivity contribution in [2.75, 3.05) is 13.1 Å². The number of carbonyl (C=O) groups excluding carboxylic acids is 1. The monoisotopic (exact) mass is 604 g/mol. The Labute approximate surface area is 264 Å². The average molecular weight is 605 g/mol. The van der Waals surface area contributed by atoms with Crippen molar-refractivity contribution in [3.8, 4) is 23.0 Å². The van der Waals surface area contributed by atoms with Crippen LogP contribution < -0.4 is 9.47 Å². The number of aryl methyl sites for hydroxylation is 1. The van der Waals surface area contributed by atoms with Crippen LogP contribution in [0.4, 0.5) is 4.79 Å². The smallest absolute Gasteiger partial charge is 0.410 e. The Morgan fingerprint density at radius 1 is 0.889 bits per heavy atom. The predicted octanol–water partition coefficient (Wildman–Crippen LogP) is 7.91. The minimum Gasteiger partial charge on any atom is -0.473 e. The molecule has 5 aromatic rings. The van der Waals surface area contributed by atoms with Gasteiger partial charge >= 0.3 is 6.09 Å². The maximum Gasteiger partial charge on any atom is 0.410 e. The Hall–Kier alpha value is -4.85. The Morgan fingerprint density at radius 2 is 1.58 bits per heavy atom. The van der Waals surface area contributed by atoms with E-state index in [1.165, 1.54) is 5.56 Å². The molecule has 0 N–H and O–H groups in total. The van der Waals surface area contributed by atoms with Gasteiger partial charge in [0.15, 0.2) is 0 Å². The van der Waals surface area contributed by atoms with Gasteiger partial charge < -0.3 is 19.1 Å². The van der Waals surface area contributed by atoms with E-state index in [1.54, 1.807) is 0 Å². The highest BCUT2D eigenvalue weighted by Crippen LogP contribution is 2.37. The molecule has 3 aromatic carbocycles. The Kier molecular flexibility index (Phi) is 8.74. The summed E-state index contributed by atoms with van der Waals surface area (Å²) in [5.41, 5.74) is 5.38. The van der Waals surface area contributed by atoms with Gasteiger partial charge in [-0.25, -0.2) is 4.79 Å². The summed E-state index contributed by atoms with van der Waals surface area (Å²) in [4.78, 5) is 19.4. The first-order valence-corrected chi connectivity index (χ1v) is 15.5. The van der Waals surface area contributed by atoms with Crippen molar-refractivity contribution >= 4 is 17.0 Å². The largest absolute Gasteiger partial charge is 0.473 e. The second-order valence-electron chi connectivity index (χ2n) is 12.6. The molecule has 6 rings (SSSR count). The van der Waals surface area contributed by atoms with Crippen molar-refractivity contribution in [1.29, 1.82) is 0 Å². The predicted molar refractivity (Wildman–Crippen MR) is 175 cm³/mol. The van der Waals surface area contributed by atoms with Crippen molar-refractivity contribution in [3.63, 3.8) is 0 Å². The number of nitrogens with zero attached hydrogens (tertiary/aromatic N) is 4. The molecule has 45 heavy (non-hydrogen) atoms. The maximum atomic E-state index is 12.8. The molecule has 1 amide bonds. The third-order valence-corrected chi connectivity index (χ3v) is 7.96. The molecule has 3 heterocycles. The van der Waals surface area contributed by atoms with Crippen LogP contribution >= 0.6 is 0 Å². The number of carbonyl (C=O) groups is 1. The molecule has 0 saturated carbocycles. The lowest BCUT2D eigenvalue weighted by atomic mass is 9.90. The lowest BCUT2D eigenvalue weighted by Crippen LogP contribution is -2.42. The van der Waals surface area contributed by atoms with Gasteiger partial charge in [0, 0.05) is 37.5 Å². The van der Waals surface area contributed by atoms with E-state index in [1.807, 2.05) is 110 Å². The first-order valence-electron chi connectivity index (χ1n) is 15.5. The lowest BCUT2D eigenvalue weighted by Gasteiger charge is -2.34. The van der Waals surface area contributed by atoms with E-state index in [-0.39, 0.29) is 12.0 Å². The Bertz CT molecular complexity index is 1760. The van der Waals surface area contributed by atoms with E-state index in [2.05, 4.69) is 18.2 Å². The van der Waals surface area contributed by atoms with Gasteiger partial charge in [0.25, 0.3) is 0 Å². The van der Waals surface area contributed by atoms with Gasteiger partial charge in [0.1, 0.15) is 24.5 Å². The molecule has 2 aromatic heterocycles. The Morgan fingerprint density at radius 3 is 2.27 bits per heavy atom. The molecule has 0 spiro atoms. The summed E-state index contributed by atoms with van der Waals surface area (Å²) < 4.78 is 19.9. The quantitative estimate of drug-likeness (QED) is 0.179. The van der Waals surface area contributed by atoms with Crippen molar-refractivity contribution in [2.45, 2.75) is 58.3 Å². The number of ether oxygens (including phenoxy) is 3. The number of fused-ring (bicyclic) bond motifs is 1. The fraction of sp³-hybridized carbons (Fsp3) is 0.324. The highest BCUT2D eigenvalue weighted by molar-refractivity contribution is 5.95. The van der Waals surface area contributed by atoms with Crippen LogP contribution in [0.15, 0.2) is 91.0 Å². The van der Waals surface area contributed by atoms with Crippen LogP contribution in [0.5, 0.6) is 11.8 Å². The van der Waals surface area contributed by atoms with E-state index >= 15 is 0 Å². The second kappa shape index (κ2) is 13.0. The maximum absolute atomic E-state index is 12.8. The van der Waals surface area contributed by atoms with Crippen LogP contribution in [0.1, 0.15) is 56.2 Å². The van der Waals surface area contributed by atoms with Gasteiger partial charge in [-0.2, -0.15) is 10.1 Å². The highest BCUT2D eigenvalue weighted by atomic mass is 16.6. The van der Waals surface area contributed by atoms with Gasteiger partial charge in [0.05, 0.1) is 11.1 Å². The second-order valence-corrected chi connectivity index (χ2v) is 12.6. The summed E-state index contributed by atoms with van der Waals surface area (Å²) in [6.45, 7) is 7.84. The van der Waals surface area contributed by atoms with Crippen molar-refractivity contribution in [3.05, 3.63) is 108 Å². The van der Waals surface area contributed by atoms with E-state index in [0.717, 1.165) is 46.1 Å². The molecule has 1 saturated heterocycles. The number of amides is 1. The number of aromatic nitrogens is 3. The van der Waals surface area contributed by atoms with Gasteiger partial charge in [0.2, 0.25) is 11.8 Å². The summed E-state index contributed by atoms with van der Waals surface area (Å²) in [7, 11) is 1.96. The molecule has 1 fully saturated rings. The third kappa shape index (κ3) is 7.28. The van der Waals surface area contributed by atoms with Crippen molar-refractivity contribution in [1.82, 2.24) is 19.7 Å². The minimum absolute atomic E-state index is 0.224. The molecule has 0 radical (unpaired) electrons. The van der Waals surface area contributed by atoms with Crippen LogP contribution in [-0.4, -0.2) is 44.4 Å². The molecule has 1 aliphatic rings. The van der Waals surface area contributed by atoms with Gasteiger partial charge in [-0.3, -0.25) is 4.68 Å². The zero-order valence-corrected chi connectivity index (χ0v) is 26.4. The fourth-order valence-corrected chi connectivity index (χ4v) is 5.72. The van der Waals surface area contributed by atoms with E-state index in [0.29, 0.717) is 38.1 Å². The number of rotatable bonds is 8. The summed E-state index contributed by atoms with van der Waals surface area (Å²) >= 11 is 0. The van der Waals surface area contributed by atoms with Crippen LogP contribution in [-0.2, 0) is 25.0 Å². The van der Waals surface area contributed by atoms with Gasteiger partial charge in [-0.15, -0.1) is 0 Å². The lowest BCUT2D eigenvalue weighted by molar-refractivity contribution is 0.0198. The van der Waals surface area contributed by atoms with Crippen molar-refractivity contribution < 1.29 is 19.0 Å².